The number of hydrogen-bond donors (Lipinski definition) is 3. The summed E-state index contributed by atoms with van der Waals surface area (Å²) in [6.07, 6.45) is -2.33. The molecule has 1 amide bonds. The highest BCUT2D eigenvalue weighted by atomic mass is 19.4. The number of hydrogen-bond acceptors (Lipinski definition) is 5. The van der Waals surface area contributed by atoms with E-state index in [1.54, 1.807) is 0 Å². The van der Waals surface area contributed by atoms with Crippen molar-refractivity contribution in [1.29, 1.82) is 0 Å². The summed E-state index contributed by atoms with van der Waals surface area (Å²) in [5.74, 6) is -1.53. The van der Waals surface area contributed by atoms with Gasteiger partial charge in [0.25, 0.3) is 5.91 Å². The molecule has 2 aliphatic heterocycles. The number of pyridine rings is 1. The van der Waals surface area contributed by atoms with Crippen LogP contribution in [0, 0.1) is 5.82 Å². The average molecular weight is 494 g/mol. The summed E-state index contributed by atoms with van der Waals surface area (Å²) in [7, 11) is 1.99. The number of aromatic nitrogens is 1. The molecule has 0 saturated carbocycles. The molecule has 2 aromatic rings. The number of H-pyrrole nitrogens is 1. The molecule has 3 N–H and O–H groups in total. The number of amides is 1. The number of benzene rings is 1. The first-order valence-corrected chi connectivity index (χ1v) is 11.3. The third-order valence-corrected chi connectivity index (χ3v) is 6.66. The van der Waals surface area contributed by atoms with E-state index in [-0.39, 0.29) is 23.3 Å². The first kappa shape index (κ1) is 24.9. The second kappa shape index (κ2) is 9.46. The van der Waals surface area contributed by atoms with Gasteiger partial charge in [0.1, 0.15) is 5.82 Å². The van der Waals surface area contributed by atoms with Gasteiger partial charge in [-0.2, -0.15) is 13.2 Å². The summed E-state index contributed by atoms with van der Waals surface area (Å²) in [6, 6.07) is 3.40. The predicted molar refractivity (Wildman–Crippen MR) is 126 cm³/mol. The molecule has 11 heteroatoms. The van der Waals surface area contributed by atoms with Crippen molar-refractivity contribution in [2.24, 2.45) is 0 Å². The highest BCUT2D eigenvalue weighted by molar-refractivity contribution is 6.07. The van der Waals surface area contributed by atoms with Gasteiger partial charge in [-0.3, -0.25) is 14.5 Å². The number of nitrogens with one attached hydrogen (secondary N) is 3. The Balaban J connectivity index is 1.77. The minimum absolute atomic E-state index is 0.128. The molecule has 1 aromatic carbocycles. The molecule has 0 bridgehead atoms. The van der Waals surface area contributed by atoms with E-state index in [0.717, 1.165) is 6.20 Å². The predicted octanol–water partition coefficient (Wildman–Crippen LogP) is 3.30. The van der Waals surface area contributed by atoms with Crippen LogP contribution in [0.3, 0.4) is 0 Å². The zero-order valence-electron chi connectivity index (χ0n) is 19.6. The summed E-state index contributed by atoms with van der Waals surface area (Å²) in [5.41, 5.74) is -1.49. The number of anilines is 2. The van der Waals surface area contributed by atoms with Gasteiger partial charge in [-0.1, -0.05) is 6.08 Å². The standard InChI is InChI=1S/C24H27F4N5O2/c1-13-11-33(12-14(2)32(13)3)21-8-19(25)16(15-4-5-29-9-15)6-20(21)31-23(35)17-10-30-22(34)7-18(17)24(26,27)28/h4,6-8,10,13-14,29H,5,9,11-12H2,1-3H3,(H,30,34)(H,31,35)/t13-,14?/m1/s1. The number of carbonyl (C=O) groups excluding carboxylic acids is 1. The molecule has 1 fully saturated rings. The molecular weight excluding hydrogens is 466 g/mol. The summed E-state index contributed by atoms with van der Waals surface area (Å²) >= 11 is 0. The molecule has 1 aromatic heterocycles. The van der Waals surface area contributed by atoms with E-state index in [0.29, 0.717) is 43.5 Å². The minimum Gasteiger partial charge on any atom is -0.367 e. The van der Waals surface area contributed by atoms with Gasteiger partial charge in [-0.15, -0.1) is 0 Å². The fourth-order valence-corrected chi connectivity index (χ4v) is 4.53. The van der Waals surface area contributed by atoms with Crippen molar-refractivity contribution >= 4 is 22.9 Å². The van der Waals surface area contributed by atoms with E-state index in [4.69, 9.17) is 0 Å². The number of alkyl halides is 3. The van der Waals surface area contributed by atoms with Gasteiger partial charge in [0.05, 0.1) is 22.5 Å². The number of halogens is 4. The highest BCUT2D eigenvalue weighted by Gasteiger charge is 2.36. The SMILES string of the molecule is CC1CN(c2cc(F)c(C3=CCNC3)cc2NC(=O)c2c[nH]c(=O)cc2C(F)(F)F)C[C@@H](C)N1C. The lowest BCUT2D eigenvalue weighted by molar-refractivity contribution is -0.138. The Bertz CT molecular complexity index is 1210. The van der Waals surface area contributed by atoms with Crippen molar-refractivity contribution in [1.82, 2.24) is 15.2 Å². The van der Waals surface area contributed by atoms with Gasteiger partial charge in [-0.25, -0.2) is 4.39 Å². The van der Waals surface area contributed by atoms with Crippen molar-refractivity contribution in [2.45, 2.75) is 32.1 Å². The Morgan fingerprint density at radius 1 is 1.14 bits per heavy atom. The summed E-state index contributed by atoms with van der Waals surface area (Å²) in [6.45, 7) is 6.13. The molecule has 2 atom stereocenters. The lowest BCUT2D eigenvalue weighted by atomic mass is 10.0. The van der Waals surface area contributed by atoms with Crippen LogP contribution in [0.15, 0.2) is 35.3 Å². The monoisotopic (exact) mass is 493 g/mol. The summed E-state index contributed by atoms with van der Waals surface area (Å²) in [4.78, 5) is 30.8. The fraction of sp³-hybridized carbons (Fsp3) is 0.417. The quantitative estimate of drug-likeness (QED) is 0.570. The van der Waals surface area contributed by atoms with E-state index in [1.165, 1.54) is 12.1 Å². The number of nitrogens with zero attached hydrogens (tertiary/aromatic N) is 2. The lowest BCUT2D eigenvalue weighted by Gasteiger charge is -2.44. The van der Waals surface area contributed by atoms with Crippen LogP contribution in [0.2, 0.25) is 0 Å². The maximum absolute atomic E-state index is 15.2. The van der Waals surface area contributed by atoms with Crippen LogP contribution in [0.25, 0.3) is 5.57 Å². The Hall–Kier alpha value is -3.18. The molecular formula is C24H27F4N5O2. The number of aromatic amines is 1. The summed E-state index contributed by atoms with van der Waals surface area (Å²) in [5, 5.41) is 5.64. The van der Waals surface area contributed by atoms with Gasteiger partial charge >= 0.3 is 6.18 Å². The molecule has 4 rings (SSSR count). The zero-order valence-corrected chi connectivity index (χ0v) is 19.6. The first-order valence-electron chi connectivity index (χ1n) is 11.3. The molecule has 0 radical (unpaired) electrons. The largest absolute Gasteiger partial charge is 0.417 e. The molecule has 35 heavy (non-hydrogen) atoms. The van der Waals surface area contributed by atoms with Crippen LogP contribution in [-0.2, 0) is 6.18 Å². The van der Waals surface area contributed by atoms with Crippen LogP contribution in [-0.4, -0.2) is 61.1 Å². The van der Waals surface area contributed by atoms with Gasteiger partial charge < -0.3 is 20.5 Å². The van der Waals surface area contributed by atoms with Crippen LogP contribution in [0.4, 0.5) is 28.9 Å². The molecule has 7 nitrogen and oxygen atoms in total. The first-order chi connectivity index (χ1) is 16.5. The maximum Gasteiger partial charge on any atom is 0.417 e. The molecule has 1 unspecified atom stereocenters. The van der Waals surface area contributed by atoms with E-state index >= 15 is 4.39 Å². The number of piperazine rings is 1. The summed E-state index contributed by atoms with van der Waals surface area (Å²) < 4.78 is 55.8. The minimum atomic E-state index is -4.90. The van der Waals surface area contributed by atoms with Gasteiger partial charge in [0.15, 0.2) is 0 Å². The topological polar surface area (TPSA) is 80.5 Å². The maximum atomic E-state index is 15.2. The smallest absolute Gasteiger partial charge is 0.367 e. The van der Waals surface area contributed by atoms with E-state index < -0.39 is 34.6 Å². The second-order valence-electron chi connectivity index (χ2n) is 9.05. The Labute approximate surface area is 199 Å². The van der Waals surface area contributed by atoms with Crippen LogP contribution < -0.4 is 21.1 Å². The Kier molecular flexibility index (Phi) is 6.74. The van der Waals surface area contributed by atoms with Crippen molar-refractivity contribution in [3.63, 3.8) is 0 Å². The molecule has 1 saturated heterocycles. The Morgan fingerprint density at radius 3 is 2.43 bits per heavy atom. The van der Waals surface area contributed by atoms with Crippen molar-refractivity contribution in [2.75, 3.05) is 43.4 Å². The molecule has 188 valence electrons. The van der Waals surface area contributed by atoms with Crippen LogP contribution >= 0.6 is 0 Å². The number of rotatable bonds is 4. The number of likely N-dealkylation sites (N-methyl/N-ethyl adjacent to an activating group) is 1. The molecule has 2 aliphatic rings. The molecule has 0 aliphatic carbocycles. The fourth-order valence-electron chi connectivity index (χ4n) is 4.53. The van der Waals surface area contributed by atoms with Crippen LogP contribution in [0.5, 0.6) is 0 Å². The van der Waals surface area contributed by atoms with E-state index in [2.05, 4.69) is 20.5 Å². The Morgan fingerprint density at radius 2 is 1.83 bits per heavy atom. The highest BCUT2D eigenvalue weighted by Crippen LogP contribution is 2.36. The molecule has 3 heterocycles. The number of carbonyl (C=O) groups is 1. The normalized spacial score (nSPS) is 21.2. The van der Waals surface area contributed by atoms with Crippen LogP contribution in [0.1, 0.15) is 35.3 Å². The third-order valence-electron chi connectivity index (χ3n) is 6.66. The third kappa shape index (κ3) is 5.10. The average Bonchev–Trinajstić information content (AvgIpc) is 3.32. The van der Waals surface area contributed by atoms with Crippen molar-refractivity contribution in [3.05, 3.63) is 63.3 Å². The zero-order chi connectivity index (χ0) is 25.5. The van der Waals surface area contributed by atoms with E-state index in [9.17, 15) is 22.8 Å². The second-order valence-corrected chi connectivity index (χ2v) is 9.05. The van der Waals surface area contributed by atoms with E-state index in [1.807, 2.05) is 31.9 Å². The molecule has 0 spiro atoms. The van der Waals surface area contributed by atoms with Crippen molar-refractivity contribution in [3.8, 4) is 0 Å². The van der Waals surface area contributed by atoms with Gasteiger partial charge in [-0.05, 0) is 38.6 Å². The van der Waals surface area contributed by atoms with Gasteiger partial charge in [0, 0.05) is 56.1 Å². The van der Waals surface area contributed by atoms with Crippen molar-refractivity contribution < 1.29 is 22.4 Å². The van der Waals surface area contributed by atoms with Gasteiger partial charge in [0.2, 0.25) is 5.56 Å². The lowest BCUT2D eigenvalue weighted by Crippen LogP contribution is -2.55.